The molecule has 1 aliphatic heterocycles. The van der Waals surface area contributed by atoms with E-state index < -0.39 is 27.9 Å². The second-order valence-electron chi connectivity index (χ2n) is 9.27. The second kappa shape index (κ2) is 12.8. The SMILES string of the molecule is COc1ccc(S(=O)(=O)N2CCN(C[C@@H](OCc3ccc(C(F)(F)F)cc3)c3ccc(Cl)cc3)CC2)cc1OC. The fourth-order valence-corrected chi connectivity index (χ4v) is 6.00. The Labute approximate surface area is 237 Å². The maximum atomic E-state index is 13.3. The van der Waals surface area contributed by atoms with Crippen LogP contribution in [-0.2, 0) is 27.5 Å². The molecule has 216 valence electrons. The summed E-state index contributed by atoms with van der Waals surface area (Å²) in [6.45, 7) is 2.08. The Balaban J connectivity index is 1.42. The highest BCUT2D eigenvalue weighted by molar-refractivity contribution is 7.89. The lowest BCUT2D eigenvalue weighted by atomic mass is 10.1. The molecule has 3 aromatic carbocycles. The van der Waals surface area contributed by atoms with Crippen molar-refractivity contribution in [2.45, 2.75) is 23.8 Å². The van der Waals surface area contributed by atoms with Crippen LogP contribution in [0.5, 0.6) is 11.5 Å². The molecule has 1 atom stereocenters. The quantitative estimate of drug-likeness (QED) is 0.301. The van der Waals surface area contributed by atoms with Crippen molar-refractivity contribution in [2.75, 3.05) is 46.9 Å². The van der Waals surface area contributed by atoms with Crippen molar-refractivity contribution in [1.82, 2.24) is 9.21 Å². The molecular weight excluding hydrogens is 569 g/mol. The van der Waals surface area contributed by atoms with Gasteiger partial charge in [-0.3, -0.25) is 4.90 Å². The van der Waals surface area contributed by atoms with E-state index >= 15 is 0 Å². The van der Waals surface area contributed by atoms with Gasteiger partial charge >= 0.3 is 6.18 Å². The Bertz CT molecular complexity index is 1380. The number of benzene rings is 3. The monoisotopic (exact) mass is 598 g/mol. The fourth-order valence-electron chi connectivity index (χ4n) is 4.43. The van der Waals surface area contributed by atoms with Crippen LogP contribution in [0.25, 0.3) is 0 Å². The zero-order chi connectivity index (χ0) is 28.9. The Morgan fingerprint density at radius 1 is 0.875 bits per heavy atom. The van der Waals surface area contributed by atoms with Crippen LogP contribution in [0.15, 0.2) is 71.6 Å². The molecule has 0 bridgehead atoms. The summed E-state index contributed by atoms with van der Waals surface area (Å²) in [6.07, 6.45) is -4.81. The third kappa shape index (κ3) is 7.27. The average Bonchev–Trinajstić information content (AvgIpc) is 2.95. The lowest BCUT2D eigenvalue weighted by Gasteiger charge is -2.36. The minimum Gasteiger partial charge on any atom is -0.493 e. The molecule has 1 aliphatic rings. The van der Waals surface area contributed by atoms with E-state index in [2.05, 4.69) is 4.90 Å². The number of nitrogens with zero attached hydrogens (tertiary/aromatic N) is 2. The van der Waals surface area contributed by atoms with Crippen molar-refractivity contribution in [1.29, 1.82) is 0 Å². The number of ether oxygens (including phenoxy) is 3. The van der Waals surface area contributed by atoms with Crippen LogP contribution in [0.1, 0.15) is 22.8 Å². The number of sulfonamides is 1. The van der Waals surface area contributed by atoms with Crippen LogP contribution in [0, 0.1) is 0 Å². The van der Waals surface area contributed by atoms with E-state index in [0.717, 1.165) is 17.7 Å². The number of hydrogen-bond acceptors (Lipinski definition) is 6. The van der Waals surface area contributed by atoms with Gasteiger partial charge in [-0.25, -0.2) is 8.42 Å². The fraction of sp³-hybridized carbons (Fsp3) is 0.357. The Kier molecular flexibility index (Phi) is 9.63. The maximum absolute atomic E-state index is 13.3. The molecule has 0 unspecified atom stereocenters. The molecule has 3 aromatic rings. The van der Waals surface area contributed by atoms with Crippen molar-refractivity contribution in [3.05, 3.63) is 88.4 Å². The molecule has 0 spiro atoms. The van der Waals surface area contributed by atoms with Crippen molar-refractivity contribution >= 4 is 21.6 Å². The van der Waals surface area contributed by atoms with Gasteiger partial charge in [0.2, 0.25) is 10.0 Å². The number of hydrogen-bond donors (Lipinski definition) is 0. The van der Waals surface area contributed by atoms with Crippen LogP contribution in [0.3, 0.4) is 0 Å². The van der Waals surface area contributed by atoms with Crippen LogP contribution in [-0.4, -0.2) is 64.6 Å². The summed E-state index contributed by atoms with van der Waals surface area (Å²) in [6, 6.07) is 16.6. The van der Waals surface area contributed by atoms with E-state index in [1.807, 2.05) is 12.1 Å². The number of alkyl halides is 3. The lowest BCUT2D eigenvalue weighted by molar-refractivity contribution is -0.137. The molecule has 0 aliphatic carbocycles. The predicted molar refractivity (Wildman–Crippen MR) is 145 cm³/mol. The van der Waals surface area contributed by atoms with Crippen molar-refractivity contribution in [3.8, 4) is 11.5 Å². The standard InChI is InChI=1S/C28H30ClF3N2O5S/c1-37-25-12-11-24(17-26(25)38-2)40(35,36)34-15-13-33(14-16-34)18-27(21-5-9-23(29)10-6-21)39-19-20-3-7-22(8-4-20)28(30,31)32/h3-12,17,27H,13-16,18-19H2,1-2H3/t27-/m1/s1. The first-order chi connectivity index (χ1) is 19.0. The molecule has 0 N–H and O–H groups in total. The molecule has 40 heavy (non-hydrogen) atoms. The third-order valence-corrected chi connectivity index (χ3v) is 8.87. The van der Waals surface area contributed by atoms with E-state index in [4.69, 9.17) is 25.8 Å². The summed E-state index contributed by atoms with van der Waals surface area (Å²) < 4.78 is 83.4. The Morgan fingerprint density at radius 3 is 2.08 bits per heavy atom. The molecule has 1 heterocycles. The van der Waals surface area contributed by atoms with Gasteiger partial charge in [0.1, 0.15) is 0 Å². The summed E-state index contributed by atoms with van der Waals surface area (Å²) in [5.74, 6) is 0.772. The van der Waals surface area contributed by atoms with Crippen LogP contribution in [0.4, 0.5) is 13.2 Å². The van der Waals surface area contributed by atoms with Crippen LogP contribution < -0.4 is 9.47 Å². The van der Waals surface area contributed by atoms with Gasteiger partial charge in [0.25, 0.3) is 0 Å². The normalized spacial score (nSPS) is 16.1. The van der Waals surface area contributed by atoms with E-state index in [-0.39, 0.29) is 24.6 Å². The number of methoxy groups -OCH3 is 2. The molecule has 1 fully saturated rings. The average molecular weight is 599 g/mol. The third-order valence-electron chi connectivity index (χ3n) is 6.72. The van der Waals surface area contributed by atoms with E-state index in [9.17, 15) is 21.6 Å². The minimum atomic E-state index is -4.40. The molecule has 1 saturated heterocycles. The van der Waals surface area contributed by atoms with Gasteiger partial charge in [0, 0.05) is 43.8 Å². The summed E-state index contributed by atoms with van der Waals surface area (Å²) in [5, 5.41) is 0.569. The summed E-state index contributed by atoms with van der Waals surface area (Å²) >= 11 is 6.06. The van der Waals surface area contributed by atoms with E-state index in [0.29, 0.717) is 41.7 Å². The van der Waals surface area contributed by atoms with Gasteiger partial charge in [-0.1, -0.05) is 35.9 Å². The zero-order valence-corrected chi connectivity index (χ0v) is 23.6. The number of rotatable bonds is 10. The second-order valence-corrected chi connectivity index (χ2v) is 11.6. The molecular formula is C28H30ClF3N2O5S. The van der Waals surface area contributed by atoms with Gasteiger partial charge in [0.05, 0.1) is 37.4 Å². The van der Waals surface area contributed by atoms with Crippen LogP contribution in [0.2, 0.25) is 5.02 Å². The number of halogens is 4. The largest absolute Gasteiger partial charge is 0.493 e. The lowest BCUT2D eigenvalue weighted by Crippen LogP contribution is -2.49. The predicted octanol–water partition coefficient (Wildman–Crippen LogP) is 5.64. The first-order valence-corrected chi connectivity index (χ1v) is 14.3. The van der Waals surface area contributed by atoms with Crippen molar-refractivity contribution < 1.29 is 35.8 Å². The van der Waals surface area contributed by atoms with Gasteiger partial charge in [-0.05, 0) is 47.5 Å². The highest BCUT2D eigenvalue weighted by Gasteiger charge is 2.31. The number of piperazine rings is 1. The molecule has 12 heteroatoms. The molecule has 0 amide bonds. The topological polar surface area (TPSA) is 68.3 Å². The van der Waals surface area contributed by atoms with Crippen molar-refractivity contribution in [2.24, 2.45) is 0 Å². The first-order valence-electron chi connectivity index (χ1n) is 12.5. The van der Waals surface area contributed by atoms with Crippen LogP contribution >= 0.6 is 11.6 Å². The molecule has 0 saturated carbocycles. The van der Waals surface area contributed by atoms with E-state index in [1.165, 1.54) is 42.8 Å². The Morgan fingerprint density at radius 2 is 1.50 bits per heavy atom. The highest BCUT2D eigenvalue weighted by Crippen LogP contribution is 2.32. The maximum Gasteiger partial charge on any atom is 0.416 e. The molecule has 7 nitrogen and oxygen atoms in total. The zero-order valence-electron chi connectivity index (χ0n) is 22.0. The summed E-state index contributed by atoms with van der Waals surface area (Å²) in [4.78, 5) is 2.23. The summed E-state index contributed by atoms with van der Waals surface area (Å²) in [5.41, 5.74) is 0.751. The Hall–Kier alpha value is -2.83. The minimum absolute atomic E-state index is 0.110. The smallest absolute Gasteiger partial charge is 0.416 e. The summed E-state index contributed by atoms with van der Waals surface area (Å²) in [7, 11) is -0.814. The van der Waals surface area contributed by atoms with Gasteiger partial charge in [0.15, 0.2) is 11.5 Å². The molecule has 0 radical (unpaired) electrons. The van der Waals surface area contributed by atoms with Crippen molar-refractivity contribution in [3.63, 3.8) is 0 Å². The molecule has 4 rings (SSSR count). The molecule has 0 aromatic heterocycles. The van der Waals surface area contributed by atoms with Gasteiger partial charge in [-0.2, -0.15) is 17.5 Å². The first kappa shape index (κ1) is 30.1. The highest BCUT2D eigenvalue weighted by atomic mass is 35.5. The van der Waals surface area contributed by atoms with Gasteiger partial charge in [-0.15, -0.1) is 0 Å². The van der Waals surface area contributed by atoms with E-state index in [1.54, 1.807) is 18.2 Å². The van der Waals surface area contributed by atoms with Gasteiger partial charge < -0.3 is 14.2 Å².